The van der Waals surface area contributed by atoms with Crippen molar-refractivity contribution in [1.29, 1.82) is 0 Å². The standard InChI is InChI=1S/C12H14F2N2O/c1-11(2,15)12(13,14)8-3-4-9-7(5-8)6-10(17)16-9/h3-5H,6,15H2,1-2H3,(H,16,17). The lowest BCUT2D eigenvalue weighted by Gasteiger charge is -2.30. The van der Waals surface area contributed by atoms with Gasteiger partial charge in [-0.1, -0.05) is 6.07 Å². The number of benzene rings is 1. The quantitative estimate of drug-likeness (QED) is 0.830. The van der Waals surface area contributed by atoms with Crippen LogP contribution in [0, 0.1) is 0 Å². The maximum Gasteiger partial charge on any atom is 0.290 e. The van der Waals surface area contributed by atoms with Crippen molar-refractivity contribution in [2.45, 2.75) is 31.7 Å². The topological polar surface area (TPSA) is 55.1 Å². The van der Waals surface area contributed by atoms with Gasteiger partial charge in [0.25, 0.3) is 5.92 Å². The number of hydrogen-bond acceptors (Lipinski definition) is 2. The Morgan fingerprint density at radius 3 is 2.59 bits per heavy atom. The maximum absolute atomic E-state index is 14.0. The van der Waals surface area contributed by atoms with Crippen LogP contribution < -0.4 is 11.1 Å². The molecule has 3 nitrogen and oxygen atoms in total. The summed E-state index contributed by atoms with van der Waals surface area (Å²) in [4.78, 5) is 11.1. The number of nitrogens with two attached hydrogens (primary N) is 1. The third-order valence-corrected chi connectivity index (χ3v) is 2.90. The number of halogens is 2. The zero-order chi connectivity index (χ0) is 12.8. The van der Waals surface area contributed by atoms with Crippen molar-refractivity contribution in [2.24, 2.45) is 5.73 Å². The Morgan fingerprint density at radius 1 is 1.35 bits per heavy atom. The van der Waals surface area contributed by atoms with Gasteiger partial charge >= 0.3 is 0 Å². The molecule has 17 heavy (non-hydrogen) atoms. The summed E-state index contributed by atoms with van der Waals surface area (Å²) in [6, 6.07) is 4.15. The van der Waals surface area contributed by atoms with E-state index in [-0.39, 0.29) is 17.9 Å². The van der Waals surface area contributed by atoms with Gasteiger partial charge in [0, 0.05) is 11.3 Å². The van der Waals surface area contributed by atoms with Crippen LogP contribution in [0.15, 0.2) is 18.2 Å². The Kier molecular flexibility index (Phi) is 2.47. The molecule has 0 atom stereocenters. The van der Waals surface area contributed by atoms with Gasteiger partial charge in [0.05, 0.1) is 12.0 Å². The first-order chi connectivity index (χ1) is 7.72. The van der Waals surface area contributed by atoms with E-state index in [4.69, 9.17) is 5.73 Å². The van der Waals surface area contributed by atoms with Crippen LogP contribution in [0.2, 0.25) is 0 Å². The van der Waals surface area contributed by atoms with Crippen molar-refractivity contribution in [3.63, 3.8) is 0 Å². The molecule has 1 heterocycles. The van der Waals surface area contributed by atoms with E-state index in [1.54, 1.807) is 0 Å². The van der Waals surface area contributed by atoms with Gasteiger partial charge in [-0.15, -0.1) is 0 Å². The number of carbonyl (C=O) groups is 1. The largest absolute Gasteiger partial charge is 0.326 e. The molecule has 92 valence electrons. The maximum atomic E-state index is 14.0. The third kappa shape index (κ3) is 1.91. The fourth-order valence-electron chi connectivity index (χ4n) is 1.80. The highest BCUT2D eigenvalue weighted by molar-refractivity contribution is 5.99. The van der Waals surface area contributed by atoms with Crippen LogP contribution in [-0.4, -0.2) is 11.4 Å². The van der Waals surface area contributed by atoms with Crippen LogP contribution in [-0.2, 0) is 17.1 Å². The second-order valence-corrected chi connectivity index (χ2v) is 4.89. The van der Waals surface area contributed by atoms with Crippen LogP contribution >= 0.6 is 0 Å². The van der Waals surface area contributed by atoms with E-state index < -0.39 is 11.5 Å². The molecule has 0 aromatic heterocycles. The molecule has 0 radical (unpaired) electrons. The summed E-state index contributed by atoms with van der Waals surface area (Å²) >= 11 is 0. The van der Waals surface area contributed by atoms with E-state index in [1.807, 2.05) is 0 Å². The minimum atomic E-state index is -3.13. The molecule has 0 bridgehead atoms. The molecule has 1 aromatic rings. The molecule has 1 amide bonds. The van der Waals surface area contributed by atoms with Gasteiger partial charge in [-0.3, -0.25) is 4.79 Å². The molecule has 0 spiro atoms. The zero-order valence-corrected chi connectivity index (χ0v) is 9.68. The van der Waals surface area contributed by atoms with Crippen LogP contribution in [0.3, 0.4) is 0 Å². The van der Waals surface area contributed by atoms with Gasteiger partial charge in [-0.25, -0.2) is 0 Å². The number of nitrogens with one attached hydrogen (secondary N) is 1. The first-order valence-corrected chi connectivity index (χ1v) is 5.32. The Balaban J connectivity index is 2.43. The van der Waals surface area contributed by atoms with Gasteiger partial charge < -0.3 is 11.1 Å². The van der Waals surface area contributed by atoms with Crippen LogP contribution in [0.4, 0.5) is 14.5 Å². The van der Waals surface area contributed by atoms with Crippen LogP contribution in [0.1, 0.15) is 25.0 Å². The van der Waals surface area contributed by atoms with Gasteiger partial charge in [0.2, 0.25) is 5.91 Å². The van der Waals surface area contributed by atoms with Crippen molar-refractivity contribution in [1.82, 2.24) is 0 Å². The third-order valence-electron chi connectivity index (χ3n) is 2.90. The van der Waals surface area contributed by atoms with Crippen LogP contribution in [0.5, 0.6) is 0 Å². The van der Waals surface area contributed by atoms with Crippen molar-refractivity contribution in [3.8, 4) is 0 Å². The molecule has 1 aliphatic rings. The summed E-state index contributed by atoms with van der Waals surface area (Å²) in [6.07, 6.45) is 0.143. The highest BCUT2D eigenvalue weighted by atomic mass is 19.3. The molecule has 0 fully saturated rings. The average Bonchev–Trinajstić information content (AvgIpc) is 2.54. The van der Waals surface area contributed by atoms with E-state index in [9.17, 15) is 13.6 Å². The summed E-state index contributed by atoms with van der Waals surface area (Å²) in [5.41, 5.74) is 4.89. The lowest BCUT2D eigenvalue weighted by molar-refractivity contribution is -0.115. The predicted molar refractivity (Wildman–Crippen MR) is 60.9 cm³/mol. The number of alkyl halides is 2. The van der Waals surface area contributed by atoms with E-state index in [2.05, 4.69) is 5.32 Å². The van der Waals surface area contributed by atoms with Crippen molar-refractivity contribution >= 4 is 11.6 Å². The molecule has 1 aliphatic heterocycles. The van der Waals surface area contributed by atoms with E-state index >= 15 is 0 Å². The molecular weight excluding hydrogens is 226 g/mol. The normalized spacial score (nSPS) is 15.7. The molecule has 1 aromatic carbocycles. The summed E-state index contributed by atoms with van der Waals surface area (Å²) in [7, 11) is 0. The Bertz CT molecular complexity index is 478. The highest BCUT2D eigenvalue weighted by Gasteiger charge is 2.45. The van der Waals surface area contributed by atoms with E-state index in [0.29, 0.717) is 11.3 Å². The molecule has 5 heteroatoms. The van der Waals surface area contributed by atoms with Crippen molar-refractivity contribution in [2.75, 3.05) is 5.32 Å². The average molecular weight is 240 g/mol. The molecule has 2 rings (SSSR count). The number of anilines is 1. The summed E-state index contributed by atoms with van der Waals surface area (Å²) in [5.74, 6) is -3.30. The second kappa shape index (κ2) is 3.50. The van der Waals surface area contributed by atoms with Crippen molar-refractivity contribution in [3.05, 3.63) is 29.3 Å². The Hall–Kier alpha value is -1.49. The first kappa shape index (κ1) is 12.0. The first-order valence-electron chi connectivity index (χ1n) is 5.32. The fourth-order valence-corrected chi connectivity index (χ4v) is 1.80. The number of rotatable bonds is 2. The predicted octanol–water partition coefficient (Wildman–Crippen LogP) is 2.01. The molecule has 3 N–H and O–H groups in total. The number of amides is 1. The van der Waals surface area contributed by atoms with Gasteiger partial charge in [-0.05, 0) is 31.5 Å². The molecule has 0 aliphatic carbocycles. The highest BCUT2D eigenvalue weighted by Crippen LogP contribution is 2.39. The summed E-state index contributed by atoms with van der Waals surface area (Å²) < 4.78 is 28.0. The molecule has 0 unspecified atom stereocenters. The number of fused-ring (bicyclic) bond motifs is 1. The zero-order valence-electron chi connectivity index (χ0n) is 9.68. The van der Waals surface area contributed by atoms with Gasteiger partial charge in [-0.2, -0.15) is 8.78 Å². The summed E-state index contributed by atoms with van der Waals surface area (Å²) in [5, 5.41) is 2.60. The minimum absolute atomic E-state index is 0.143. The fraction of sp³-hybridized carbons (Fsp3) is 0.417. The van der Waals surface area contributed by atoms with Gasteiger partial charge in [0.1, 0.15) is 0 Å². The van der Waals surface area contributed by atoms with Crippen LogP contribution in [0.25, 0.3) is 0 Å². The second-order valence-electron chi connectivity index (χ2n) is 4.89. The van der Waals surface area contributed by atoms with E-state index in [1.165, 1.54) is 32.0 Å². The van der Waals surface area contributed by atoms with Crippen molar-refractivity contribution < 1.29 is 13.6 Å². The SMILES string of the molecule is CC(C)(N)C(F)(F)c1ccc2c(c1)CC(=O)N2. The van der Waals surface area contributed by atoms with Gasteiger partial charge in [0.15, 0.2) is 0 Å². The Morgan fingerprint density at radius 2 is 2.00 bits per heavy atom. The lowest BCUT2D eigenvalue weighted by atomic mass is 9.90. The lowest BCUT2D eigenvalue weighted by Crippen LogP contribution is -2.48. The minimum Gasteiger partial charge on any atom is -0.326 e. The molecule has 0 saturated carbocycles. The number of hydrogen-bond donors (Lipinski definition) is 2. The molecule has 0 saturated heterocycles. The molecular formula is C12H14F2N2O. The smallest absolute Gasteiger partial charge is 0.290 e. The van der Waals surface area contributed by atoms with E-state index in [0.717, 1.165) is 0 Å². The Labute approximate surface area is 98.0 Å². The summed E-state index contributed by atoms with van der Waals surface area (Å²) in [6.45, 7) is 2.56. The monoisotopic (exact) mass is 240 g/mol. The number of carbonyl (C=O) groups excluding carboxylic acids is 1.